The summed E-state index contributed by atoms with van der Waals surface area (Å²) in [7, 11) is 4.10. The maximum Gasteiger partial charge on any atom is 0.407 e. The topological polar surface area (TPSA) is 175 Å². The molecule has 1 saturated heterocycles. The van der Waals surface area contributed by atoms with Gasteiger partial charge in [0.15, 0.2) is 0 Å². The molecule has 1 aliphatic heterocycles. The van der Waals surface area contributed by atoms with E-state index >= 15 is 8.78 Å². The molecule has 0 radical (unpaired) electrons. The van der Waals surface area contributed by atoms with E-state index in [4.69, 9.17) is 19.4 Å². The first-order valence-electron chi connectivity index (χ1n) is 20.8. The number of hydrogen-bond acceptors (Lipinski definition) is 8. The van der Waals surface area contributed by atoms with Gasteiger partial charge in [-0.25, -0.2) is 28.3 Å². The maximum atomic E-state index is 16.7. The first-order chi connectivity index (χ1) is 29.6. The third-order valence-electron chi connectivity index (χ3n) is 12.0. The first-order valence-corrected chi connectivity index (χ1v) is 20.8. The lowest BCUT2D eigenvalue weighted by molar-refractivity contribution is -0.136. The molecular weight excluding hydrogens is 799 g/mol. The Morgan fingerprint density at radius 3 is 1.85 bits per heavy atom. The average molecular weight is 851 g/mol. The lowest BCUT2D eigenvalue weighted by atomic mass is 9.96. The molecule has 4 amide bonds. The third-order valence-corrected chi connectivity index (χ3v) is 12.0. The maximum absolute atomic E-state index is 16.7. The number of nitrogens with zero attached hydrogens (tertiary/aromatic N) is 4. The number of rotatable bonds is 12. The lowest BCUT2D eigenvalue weighted by Gasteiger charge is -2.32. The van der Waals surface area contributed by atoms with Crippen LogP contribution in [0.15, 0.2) is 60.7 Å². The highest BCUT2D eigenvalue weighted by Gasteiger charge is 2.38. The number of aromatic nitrogens is 4. The van der Waals surface area contributed by atoms with Crippen LogP contribution < -0.4 is 10.6 Å². The van der Waals surface area contributed by atoms with Crippen molar-refractivity contribution in [1.82, 2.24) is 40.4 Å². The number of likely N-dealkylation sites (tertiary alicyclic amines) is 1. The number of nitrogens with one attached hydrogen (secondary N) is 4. The Balaban J connectivity index is 1.21. The molecule has 16 heteroatoms. The molecule has 0 bridgehead atoms. The van der Waals surface area contributed by atoms with Crippen molar-refractivity contribution in [2.24, 2.45) is 11.8 Å². The summed E-state index contributed by atoms with van der Waals surface area (Å²) in [5.41, 5.74) is 3.06. The number of likely N-dealkylation sites (N-methyl/N-ethyl adjacent to an activating group) is 1. The summed E-state index contributed by atoms with van der Waals surface area (Å²) in [6.07, 6.45) is 0.501. The minimum Gasteiger partial charge on any atom is -0.453 e. The summed E-state index contributed by atoms with van der Waals surface area (Å²) in [5.74, 6) is -1.32. The quantitative estimate of drug-likeness (QED) is 0.0886. The van der Waals surface area contributed by atoms with Crippen LogP contribution in [-0.4, -0.2) is 93.6 Å². The van der Waals surface area contributed by atoms with Gasteiger partial charge in [-0.1, -0.05) is 65.5 Å². The van der Waals surface area contributed by atoms with E-state index in [-0.39, 0.29) is 51.6 Å². The van der Waals surface area contributed by atoms with Crippen molar-refractivity contribution in [3.63, 3.8) is 0 Å². The molecule has 4 unspecified atom stereocenters. The SMILES string of the molecule is C=C(CC)C(c1nc2c(ccc3c(F)c(-c4ccc5c(ccc6[nH]c(C7CCCN7C(=O)C(NC(=O)OC)C(C)C)nc65)c4F)ccc32)[nH]1)N(C)C(=O)C(NC(=O)OC)C(C)C. The molecule has 0 aliphatic carbocycles. The number of carbonyl (C=O) groups is 4. The van der Waals surface area contributed by atoms with Crippen molar-refractivity contribution in [2.45, 2.75) is 78.0 Å². The Bertz CT molecular complexity index is 2740. The number of hydrogen-bond donors (Lipinski definition) is 4. The summed E-state index contributed by atoms with van der Waals surface area (Å²) in [6.45, 7) is 14.0. The van der Waals surface area contributed by atoms with E-state index in [1.54, 1.807) is 54.4 Å². The summed E-state index contributed by atoms with van der Waals surface area (Å²) in [6, 6.07) is 10.4. The highest BCUT2D eigenvalue weighted by Crippen LogP contribution is 2.39. The molecule has 2 aromatic heterocycles. The fourth-order valence-corrected chi connectivity index (χ4v) is 8.51. The van der Waals surface area contributed by atoms with Gasteiger partial charge in [0, 0.05) is 46.3 Å². The summed E-state index contributed by atoms with van der Waals surface area (Å²) >= 11 is 0. The number of H-pyrrole nitrogens is 2. The van der Waals surface area contributed by atoms with E-state index in [1.165, 1.54) is 25.2 Å². The van der Waals surface area contributed by atoms with Crippen LogP contribution >= 0.6 is 0 Å². The molecule has 6 aromatic rings. The van der Waals surface area contributed by atoms with Crippen molar-refractivity contribution in [3.05, 3.63) is 84.0 Å². The first kappa shape index (κ1) is 43.5. The van der Waals surface area contributed by atoms with Crippen LogP contribution in [0.2, 0.25) is 0 Å². The highest BCUT2D eigenvalue weighted by atomic mass is 19.1. The second-order valence-electron chi connectivity index (χ2n) is 16.5. The van der Waals surface area contributed by atoms with E-state index in [2.05, 4.69) is 27.2 Å². The Morgan fingerprint density at radius 2 is 1.32 bits per heavy atom. The summed E-state index contributed by atoms with van der Waals surface area (Å²) < 4.78 is 42.8. The number of benzene rings is 4. The molecule has 0 saturated carbocycles. The fourth-order valence-electron chi connectivity index (χ4n) is 8.51. The van der Waals surface area contributed by atoms with Crippen molar-refractivity contribution in [1.29, 1.82) is 0 Å². The number of ether oxygens (including phenoxy) is 2. The smallest absolute Gasteiger partial charge is 0.407 e. The molecule has 14 nitrogen and oxygen atoms in total. The molecule has 1 aliphatic rings. The van der Waals surface area contributed by atoms with Crippen LogP contribution in [0.25, 0.3) is 54.7 Å². The molecule has 3 heterocycles. The summed E-state index contributed by atoms with van der Waals surface area (Å²) in [4.78, 5) is 71.3. The fraction of sp³-hybridized carbons (Fsp3) is 0.391. The van der Waals surface area contributed by atoms with Gasteiger partial charge < -0.3 is 39.9 Å². The number of alkyl carbamates (subject to hydrolysis) is 2. The number of aromatic amines is 2. The van der Waals surface area contributed by atoms with Crippen molar-refractivity contribution >= 4 is 67.6 Å². The van der Waals surface area contributed by atoms with Gasteiger partial charge in [0.1, 0.15) is 41.4 Å². The minimum atomic E-state index is -0.877. The van der Waals surface area contributed by atoms with Crippen LogP contribution in [0.3, 0.4) is 0 Å². The Kier molecular flexibility index (Phi) is 12.2. The molecule has 4 aromatic carbocycles. The number of halogens is 2. The molecule has 62 heavy (non-hydrogen) atoms. The normalized spacial score (nSPS) is 15.7. The molecule has 1 fully saturated rings. The second kappa shape index (κ2) is 17.4. The molecular formula is C46H52F2N8O6. The molecule has 0 spiro atoms. The van der Waals surface area contributed by atoms with E-state index < -0.39 is 41.9 Å². The number of methoxy groups -OCH3 is 2. The summed E-state index contributed by atoms with van der Waals surface area (Å²) in [5, 5.41) is 6.78. The van der Waals surface area contributed by atoms with Crippen LogP contribution in [0.4, 0.5) is 18.4 Å². The van der Waals surface area contributed by atoms with Gasteiger partial charge in [-0.3, -0.25) is 9.59 Å². The zero-order valence-corrected chi connectivity index (χ0v) is 36.1. The van der Waals surface area contributed by atoms with Gasteiger partial charge in [0.25, 0.3) is 0 Å². The third kappa shape index (κ3) is 7.77. The zero-order valence-electron chi connectivity index (χ0n) is 36.1. The highest BCUT2D eigenvalue weighted by molar-refractivity contribution is 6.08. The van der Waals surface area contributed by atoms with Gasteiger partial charge in [0.05, 0.1) is 42.3 Å². The van der Waals surface area contributed by atoms with Crippen LogP contribution in [0.1, 0.15) is 77.6 Å². The van der Waals surface area contributed by atoms with Gasteiger partial charge in [-0.15, -0.1) is 0 Å². The lowest BCUT2D eigenvalue weighted by Crippen LogP contribution is -2.51. The van der Waals surface area contributed by atoms with E-state index in [0.717, 1.165) is 6.42 Å². The second-order valence-corrected chi connectivity index (χ2v) is 16.5. The van der Waals surface area contributed by atoms with Crippen LogP contribution in [0.5, 0.6) is 0 Å². The largest absolute Gasteiger partial charge is 0.453 e. The predicted octanol–water partition coefficient (Wildman–Crippen LogP) is 8.58. The number of amides is 4. The van der Waals surface area contributed by atoms with Crippen molar-refractivity contribution < 1.29 is 37.4 Å². The van der Waals surface area contributed by atoms with Crippen molar-refractivity contribution in [3.8, 4) is 11.1 Å². The Hall–Kier alpha value is -6.58. The number of fused-ring (bicyclic) bond motifs is 6. The Morgan fingerprint density at radius 1 is 0.806 bits per heavy atom. The monoisotopic (exact) mass is 850 g/mol. The van der Waals surface area contributed by atoms with Gasteiger partial charge >= 0.3 is 12.2 Å². The van der Waals surface area contributed by atoms with E-state index in [0.29, 0.717) is 69.4 Å². The zero-order chi connectivity index (χ0) is 44.7. The van der Waals surface area contributed by atoms with Gasteiger partial charge in [-0.05, 0) is 60.9 Å². The molecule has 4 atom stereocenters. The van der Waals surface area contributed by atoms with Crippen LogP contribution in [0, 0.1) is 23.5 Å². The number of imidazole rings is 2. The molecule has 4 N–H and O–H groups in total. The van der Waals surface area contributed by atoms with Crippen LogP contribution in [-0.2, 0) is 19.1 Å². The van der Waals surface area contributed by atoms with E-state index in [9.17, 15) is 19.2 Å². The number of carbonyl (C=O) groups excluding carboxylic acids is 4. The van der Waals surface area contributed by atoms with E-state index in [1.807, 2.05) is 34.6 Å². The Labute approximate surface area is 357 Å². The predicted molar refractivity (Wildman–Crippen MR) is 233 cm³/mol. The van der Waals surface area contributed by atoms with Gasteiger partial charge in [0.2, 0.25) is 11.8 Å². The standard InChI is InChI=1S/C46H52F2N8O6/c1-10-24(6)40(55(7)43(57)36(22(2)3)53-45(59)61-8)42-50-32-20-18-28-30(39(32)52-42)16-14-26(35(28)48)25-13-15-29-27(34(25)47)17-19-31-38(29)51-41(49-31)33-12-11-21-56(33)44(58)37(23(4)5)54-46(60)62-9/h13-20,22-23,33,36-37,40H,6,10-12,21H2,1-5,7-9H3,(H,49,51)(H,50,52)(H,53,59)(H,54,60). The average Bonchev–Trinajstić information content (AvgIpc) is 4.03. The minimum absolute atomic E-state index is 0.0654. The molecule has 7 rings (SSSR count). The van der Waals surface area contributed by atoms with Crippen molar-refractivity contribution in [2.75, 3.05) is 27.8 Å². The molecule has 326 valence electrons. The van der Waals surface area contributed by atoms with Gasteiger partial charge in [-0.2, -0.15) is 0 Å².